The first kappa shape index (κ1) is 13.0. The van der Waals surface area contributed by atoms with Gasteiger partial charge in [-0.3, -0.25) is 15.0 Å². The van der Waals surface area contributed by atoms with Gasteiger partial charge >= 0.3 is 0 Å². The van der Waals surface area contributed by atoms with Crippen LogP contribution in [0.5, 0.6) is 0 Å². The molecule has 2 N–H and O–H groups in total. The van der Waals surface area contributed by atoms with Gasteiger partial charge in [0.15, 0.2) is 0 Å². The van der Waals surface area contributed by atoms with Gasteiger partial charge in [-0.25, -0.2) is 0 Å². The minimum Gasteiger partial charge on any atom is -0.324 e. The number of hydrogen-bond acceptors (Lipinski definition) is 4. The smallest absolute Gasteiger partial charge is 0.0890 e. The third-order valence-electron chi connectivity index (χ3n) is 3.22. The summed E-state index contributed by atoms with van der Waals surface area (Å²) in [6.07, 6.45) is 7.37. The van der Waals surface area contributed by atoms with Gasteiger partial charge in [0.05, 0.1) is 16.1 Å². The van der Waals surface area contributed by atoms with Crippen LogP contribution < -0.4 is 5.73 Å². The molecule has 5 heteroatoms. The molecule has 4 nitrogen and oxygen atoms in total. The van der Waals surface area contributed by atoms with E-state index in [0.29, 0.717) is 11.4 Å². The molecular formula is C15H13ClN4. The van der Waals surface area contributed by atoms with Gasteiger partial charge in [-0.15, -0.1) is 0 Å². The number of pyridine rings is 1. The van der Waals surface area contributed by atoms with Crippen LogP contribution in [-0.2, 0) is 6.42 Å². The molecule has 0 saturated carbocycles. The number of fused-ring (bicyclic) bond motifs is 1. The zero-order chi connectivity index (χ0) is 13.9. The van der Waals surface area contributed by atoms with E-state index in [1.54, 1.807) is 24.8 Å². The molecule has 0 bridgehead atoms. The van der Waals surface area contributed by atoms with Crippen molar-refractivity contribution in [3.8, 4) is 0 Å². The molecule has 0 aliphatic heterocycles. The van der Waals surface area contributed by atoms with Crippen LogP contribution in [0.3, 0.4) is 0 Å². The Hall–Kier alpha value is -2.04. The summed E-state index contributed by atoms with van der Waals surface area (Å²) < 4.78 is 0. The highest BCUT2D eigenvalue weighted by atomic mass is 35.5. The van der Waals surface area contributed by atoms with E-state index in [2.05, 4.69) is 15.0 Å². The van der Waals surface area contributed by atoms with E-state index in [-0.39, 0.29) is 6.04 Å². The second-order valence-electron chi connectivity index (χ2n) is 4.58. The zero-order valence-electron chi connectivity index (χ0n) is 10.7. The van der Waals surface area contributed by atoms with Crippen LogP contribution in [0.15, 0.2) is 49.1 Å². The Morgan fingerprint density at radius 2 is 1.85 bits per heavy atom. The van der Waals surface area contributed by atoms with Crippen molar-refractivity contribution in [2.24, 2.45) is 5.73 Å². The number of hydrogen-bond donors (Lipinski definition) is 1. The molecule has 3 rings (SSSR count). The van der Waals surface area contributed by atoms with E-state index in [4.69, 9.17) is 17.3 Å². The second kappa shape index (κ2) is 5.53. The van der Waals surface area contributed by atoms with Crippen LogP contribution >= 0.6 is 11.6 Å². The quantitative estimate of drug-likeness (QED) is 0.803. The lowest BCUT2D eigenvalue weighted by Crippen LogP contribution is -2.13. The molecule has 1 atom stereocenters. The number of aromatic nitrogens is 3. The van der Waals surface area contributed by atoms with Crippen molar-refractivity contribution < 1.29 is 0 Å². The summed E-state index contributed by atoms with van der Waals surface area (Å²) in [5, 5.41) is 0.642. The molecule has 2 aromatic heterocycles. The van der Waals surface area contributed by atoms with Crippen molar-refractivity contribution in [1.82, 2.24) is 15.0 Å². The van der Waals surface area contributed by atoms with Gasteiger partial charge in [-0.1, -0.05) is 17.7 Å². The average Bonchev–Trinajstić information content (AvgIpc) is 2.49. The van der Waals surface area contributed by atoms with Gasteiger partial charge in [0.1, 0.15) is 0 Å². The van der Waals surface area contributed by atoms with Crippen molar-refractivity contribution in [3.63, 3.8) is 0 Å². The van der Waals surface area contributed by atoms with Gasteiger partial charge in [-0.05, 0) is 35.7 Å². The molecule has 0 aliphatic carbocycles. The van der Waals surface area contributed by atoms with Gasteiger partial charge in [0.2, 0.25) is 0 Å². The Kier molecular flexibility index (Phi) is 3.58. The maximum absolute atomic E-state index is 6.26. The molecule has 2 heterocycles. The number of nitrogens with two attached hydrogens (primary N) is 1. The fraction of sp³-hybridized carbons (Fsp3) is 0.133. The van der Waals surface area contributed by atoms with Crippen LogP contribution in [0.4, 0.5) is 0 Å². The minimum absolute atomic E-state index is 0.138. The van der Waals surface area contributed by atoms with Crippen LogP contribution in [-0.4, -0.2) is 15.0 Å². The Morgan fingerprint density at radius 3 is 2.65 bits per heavy atom. The Morgan fingerprint density at radius 1 is 1.05 bits per heavy atom. The van der Waals surface area contributed by atoms with Gasteiger partial charge in [0, 0.05) is 30.8 Å². The first-order chi connectivity index (χ1) is 9.74. The molecule has 0 radical (unpaired) electrons. The number of rotatable bonds is 3. The number of halogens is 1. The zero-order valence-corrected chi connectivity index (χ0v) is 11.5. The largest absolute Gasteiger partial charge is 0.324 e. The summed E-state index contributed by atoms with van der Waals surface area (Å²) in [6.45, 7) is 0. The first-order valence-corrected chi connectivity index (χ1v) is 6.66. The molecule has 1 unspecified atom stereocenters. The molecular weight excluding hydrogens is 272 g/mol. The van der Waals surface area contributed by atoms with Gasteiger partial charge < -0.3 is 5.73 Å². The molecule has 0 fully saturated rings. The molecule has 0 spiro atoms. The molecule has 100 valence electrons. The first-order valence-electron chi connectivity index (χ1n) is 6.28. The van der Waals surface area contributed by atoms with Crippen molar-refractivity contribution in [2.45, 2.75) is 12.5 Å². The molecule has 0 saturated heterocycles. The maximum atomic E-state index is 6.26. The van der Waals surface area contributed by atoms with E-state index >= 15 is 0 Å². The van der Waals surface area contributed by atoms with E-state index < -0.39 is 0 Å². The molecule has 1 aromatic carbocycles. The fourth-order valence-electron chi connectivity index (χ4n) is 2.14. The third-order valence-corrected chi connectivity index (χ3v) is 3.56. The number of nitrogens with zero attached hydrogens (tertiary/aromatic N) is 3. The van der Waals surface area contributed by atoms with E-state index in [1.807, 2.05) is 24.3 Å². The van der Waals surface area contributed by atoms with Crippen molar-refractivity contribution >= 4 is 22.6 Å². The predicted molar refractivity (Wildman–Crippen MR) is 79.4 cm³/mol. The summed E-state index contributed by atoms with van der Waals surface area (Å²) in [5.74, 6) is 0. The second-order valence-corrected chi connectivity index (χ2v) is 4.99. The highest BCUT2D eigenvalue weighted by molar-refractivity contribution is 6.31. The molecule has 3 aromatic rings. The Bertz CT molecular complexity index is 745. The Labute approximate surface area is 121 Å². The van der Waals surface area contributed by atoms with E-state index in [1.165, 1.54) is 0 Å². The lowest BCUT2D eigenvalue weighted by Gasteiger charge is -2.13. The third kappa shape index (κ3) is 2.61. The average molecular weight is 285 g/mol. The maximum Gasteiger partial charge on any atom is 0.0890 e. The Balaban J connectivity index is 1.89. The van der Waals surface area contributed by atoms with Crippen LogP contribution in [0, 0.1) is 0 Å². The summed E-state index contributed by atoms with van der Waals surface area (Å²) in [6, 6.07) is 7.65. The van der Waals surface area contributed by atoms with Crippen molar-refractivity contribution in [3.05, 3.63) is 65.2 Å². The predicted octanol–water partition coefficient (Wildman–Crippen LogP) is 2.92. The normalized spacial score (nSPS) is 12.5. The minimum atomic E-state index is -0.138. The lowest BCUT2D eigenvalue weighted by atomic mass is 10.00. The topological polar surface area (TPSA) is 64.7 Å². The van der Waals surface area contributed by atoms with Crippen molar-refractivity contribution in [1.29, 1.82) is 0 Å². The van der Waals surface area contributed by atoms with Gasteiger partial charge in [0.25, 0.3) is 0 Å². The highest BCUT2D eigenvalue weighted by Gasteiger charge is 2.10. The number of benzene rings is 1. The fourth-order valence-corrected chi connectivity index (χ4v) is 2.33. The monoisotopic (exact) mass is 284 g/mol. The SMILES string of the molecule is NC(Cc1ccncc1Cl)c1ccc2nccnc2c1. The summed E-state index contributed by atoms with van der Waals surface area (Å²) in [4.78, 5) is 12.5. The van der Waals surface area contributed by atoms with Crippen molar-refractivity contribution in [2.75, 3.05) is 0 Å². The highest BCUT2D eigenvalue weighted by Crippen LogP contribution is 2.22. The summed E-state index contributed by atoms with van der Waals surface area (Å²) in [5.41, 5.74) is 9.99. The van der Waals surface area contributed by atoms with Crippen LogP contribution in [0.25, 0.3) is 11.0 Å². The van der Waals surface area contributed by atoms with E-state index in [0.717, 1.165) is 22.2 Å². The van der Waals surface area contributed by atoms with Crippen LogP contribution in [0.1, 0.15) is 17.2 Å². The van der Waals surface area contributed by atoms with E-state index in [9.17, 15) is 0 Å². The molecule has 0 aliphatic rings. The van der Waals surface area contributed by atoms with Crippen LogP contribution in [0.2, 0.25) is 5.02 Å². The molecule has 20 heavy (non-hydrogen) atoms. The molecule has 0 amide bonds. The lowest BCUT2D eigenvalue weighted by molar-refractivity contribution is 0.722. The standard InChI is InChI=1S/C15H13ClN4/c16-12-9-18-4-3-10(12)7-13(17)11-1-2-14-15(8-11)20-6-5-19-14/h1-6,8-9,13H,7,17H2. The van der Waals surface area contributed by atoms with Gasteiger partial charge in [-0.2, -0.15) is 0 Å². The summed E-state index contributed by atoms with van der Waals surface area (Å²) in [7, 11) is 0. The summed E-state index contributed by atoms with van der Waals surface area (Å²) >= 11 is 6.11.